The van der Waals surface area contributed by atoms with Crippen LogP contribution in [0.3, 0.4) is 0 Å². The molecule has 2 aromatic heterocycles. The van der Waals surface area contributed by atoms with Crippen molar-refractivity contribution in [2.75, 3.05) is 11.4 Å². The number of carbonyl (C=O) groups excluding carboxylic acids is 1. The molecule has 0 atom stereocenters. The number of anilines is 1. The molecule has 1 aliphatic heterocycles. The first kappa shape index (κ1) is 20.7. The fourth-order valence-corrected chi connectivity index (χ4v) is 3.88. The zero-order valence-electron chi connectivity index (χ0n) is 17.7. The molecular weight excluding hydrogens is 396 g/mol. The molecule has 1 saturated carbocycles. The third-order valence-corrected chi connectivity index (χ3v) is 5.69. The minimum atomic E-state index is -0.250. The predicted molar refractivity (Wildman–Crippen MR) is 117 cm³/mol. The standard InChI is InChI=1S/C22H24N4O2.CH2O2/c1-14-13-26-21(15(14)2)20(9-10-23-26)28-18-7-8-19-16(12-18)4-3-11-25(19)22(27)24-17-5-6-17;2-1-3/h7-10,12-13,17H,3-6,11H2,1-2H3,(H,24,27);1H,(H,2,3). The van der Waals surface area contributed by atoms with Crippen molar-refractivity contribution >= 4 is 23.7 Å². The monoisotopic (exact) mass is 422 g/mol. The van der Waals surface area contributed by atoms with E-state index in [0.717, 1.165) is 60.5 Å². The molecule has 5 rings (SSSR count). The van der Waals surface area contributed by atoms with Gasteiger partial charge < -0.3 is 15.2 Å². The molecule has 2 amide bonds. The molecule has 3 aromatic rings. The molecule has 1 aromatic carbocycles. The summed E-state index contributed by atoms with van der Waals surface area (Å²) in [5.74, 6) is 1.58. The van der Waals surface area contributed by atoms with Crippen LogP contribution in [0.2, 0.25) is 0 Å². The van der Waals surface area contributed by atoms with Gasteiger partial charge >= 0.3 is 6.03 Å². The second-order valence-electron chi connectivity index (χ2n) is 7.90. The van der Waals surface area contributed by atoms with Crippen LogP contribution >= 0.6 is 0 Å². The lowest BCUT2D eigenvalue weighted by Crippen LogP contribution is -2.43. The lowest BCUT2D eigenvalue weighted by molar-refractivity contribution is -0.122. The Morgan fingerprint density at radius 2 is 2.06 bits per heavy atom. The number of urea groups is 1. The highest BCUT2D eigenvalue weighted by molar-refractivity contribution is 5.93. The van der Waals surface area contributed by atoms with Gasteiger partial charge in [-0.25, -0.2) is 9.31 Å². The Hall–Kier alpha value is -3.55. The molecule has 31 heavy (non-hydrogen) atoms. The van der Waals surface area contributed by atoms with Gasteiger partial charge in [-0.3, -0.25) is 9.69 Å². The maximum atomic E-state index is 12.5. The quantitative estimate of drug-likeness (QED) is 0.621. The van der Waals surface area contributed by atoms with Gasteiger partial charge in [0.05, 0.1) is 6.20 Å². The Labute approximate surface area is 180 Å². The molecule has 162 valence electrons. The molecule has 2 N–H and O–H groups in total. The number of hydrogen-bond acceptors (Lipinski definition) is 4. The van der Waals surface area contributed by atoms with Crippen LogP contribution in [0.5, 0.6) is 11.5 Å². The van der Waals surface area contributed by atoms with E-state index in [1.165, 1.54) is 11.1 Å². The summed E-state index contributed by atoms with van der Waals surface area (Å²) in [6.07, 6.45) is 7.88. The molecule has 2 aliphatic rings. The number of nitrogens with one attached hydrogen (secondary N) is 1. The van der Waals surface area contributed by atoms with E-state index in [4.69, 9.17) is 14.6 Å². The SMILES string of the molecule is Cc1cn2nccc(Oc3ccc4c(c3)CCCN4C(=O)NC3CC3)c2c1C.O=CO. The summed E-state index contributed by atoms with van der Waals surface area (Å²) >= 11 is 0. The molecule has 8 heteroatoms. The fraction of sp³-hybridized carbons (Fsp3) is 0.348. The van der Waals surface area contributed by atoms with E-state index in [2.05, 4.69) is 30.3 Å². The Bertz CT molecular complexity index is 1120. The van der Waals surface area contributed by atoms with Crippen molar-refractivity contribution in [1.82, 2.24) is 14.9 Å². The third-order valence-electron chi connectivity index (χ3n) is 5.69. The second-order valence-corrected chi connectivity index (χ2v) is 7.90. The molecule has 0 spiro atoms. The topological polar surface area (TPSA) is 96.2 Å². The molecule has 0 saturated heterocycles. The molecular formula is C23H26N4O4. The largest absolute Gasteiger partial charge is 0.483 e. The molecule has 8 nitrogen and oxygen atoms in total. The summed E-state index contributed by atoms with van der Waals surface area (Å²) in [6.45, 7) is 4.68. The number of carboxylic acid groups (broad SMARTS) is 1. The van der Waals surface area contributed by atoms with Gasteiger partial charge in [-0.05, 0) is 74.4 Å². The maximum Gasteiger partial charge on any atom is 0.322 e. The van der Waals surface area contributed by atoms with Crippen molar-refractivity contribution in [3.05, 3.63) is 53.3 Å². The van der Waals surface area contributed by atoms with E-state index in [9.17, 15) is 4.79 Å². The average molecular weight is 422 g/mol. The number of amides is 2. The van der Waals surface area contributed by atoms with Crippen LogP contribution in [-0.2, 0) is 11.2 Å². The number of rotatable bonds is 3. The fourth-order valence-electron chi connectivity index (χ4n) is 3.88. The summed E-state index contributed by atoms with van der Waals surface area (Å²) < 4.78 is 8.11. The zero-order chi connectivity index (χ0) is 22.0. The highest BCUT2D eigenvalue weighted by Gasteiger charge is 2.29. The van der Waals surface area contributed by atoms with Crippen LogP contribution in [-0.4, -0.2) is 39.8 Å². The normalized spacial score (nSPS) is 15.0. The van der Waals surface area contributed by atoms with Crippen LogP contribution in [0.15, 0.2) is 36.7 Å². The number of aromatic nitrogens is 2. The van der Waals surface area contributed by atoms with Crippen LogP contribution in [0.4, 0.5) is 10.5 Å². The zero-order valence-corrected chi connectivity index (χ0v) is 17.7. The first-order valence-corrected chi connectivity index (χ1v) is 10.4. The van der Waals surface area contributed by atoms with Gasteiger partial charge in [-0.2, -0.15) is 5.10 Å². The number of aryl methyl sites for hydroxylation is 3. The Morgan fingerprint density at radius 3 is 2.81 bits per heavy atom. The predicted octanol–water partition coefficient (Wildman–Crippen LogP) is 4.07. The minimum Gasteiger partial charge on any atom is -0.483 e. The summed E-state index contributed by atoms with van der Waals surface area (Å²) in [6, 6.07) is 8.30. The second kappa shape index (κ2) is 8.67. The number of ether oxygens (including phenoxy) is 1. The van der Waals surface area contributed by atoms with Crippen LogP contribution in [0, 0.1) is 13.8 Å². The van der Waals surface area contributed by atoms with Crippen LogP contribution in [0.1, 0.15) is 36.0 Å². The van der Waals surface area contributed by atoms with E-state index in [0.29, 0.717) is 6.04 Å². The summed E-state index contributed by atoms with van der Waals surface area (Å²) in [7, 11) is 0. The van der Waals surface area contributed by atoms with Crippen molar-refractivity contribution in [2.24, 2.45) is 0 Å². The molecule has 3 heterocycles. The van der Waals surface area contributed by atoms with Crippen molar-refractivity contribution in [1.29, 1.82) is 0 Å². The maximum absolute atomic E-state index is 12.5. The molecule has 0 radical (unpaired) electrons. The van der Waals surface area contributed by atoms with E-state index in [-0.39, 0.29) is 12.5 Å². The van der Waals surface area contributed by atoms with E-state index in [1.807, 2.05) is 33.8 Å². The first-order valence-electron chi connectivity index (χ1n) is 10.4. The van der Waals surface area contributed by atoms with E-state index in [1.54, 1.807) is 6.20 Å². The lowest BCUT2D eigenvalue weighted by Gasteiger charge is -2.30. The van der Waals surface area contributed by atoms with Gasteiger partial charge in [0, 0.05) is 30.5 Å². The highest BCUT2D eigenvalue weighted by Crippen LogP contribution is 2.35. The highest BCUT2D eigenvalue weighted by atomic mass is 16.5. The molecule has 0 unspecified atom stereocenters. The van der Waals surface area contributed by atoms with Gasteiger partial charge in [0.1, 0.15) is 11.3 Å². The van der Waals surface area contributed by atoms with Crippen LogP contribution in [0.25, 0.3) is 5.52 Å². The number of fused-ring (bicyclic) bond motifs is 2. The van der Waals surface area contributed by atoms with E-state index < -0.39 is 0 Å². The van der Waals surface area contributed by atoms with E-state index >= 15 is 0 Å². The smallest absolute Gasteiger partial charge is 0.322 e. The minimum absolute atomic E-state index is 0.0206. The summed E-state index contributed by atoms with van der Waals surface area (Å²) in [5, 5.41) is 14.4. The lowest BCUT2D eigenvalue weighted by atomic mass is 10.0. The molecule has 0 bridgehead atoms. The Morgan fingerprint density at radius 1 is 1.29 bits per heavy atom. The number of nitrogens with zero attached hydrogens (tertiary/aromatic N) is 3. The number of hydrogen-bond donors (Lipinski definition) is 2. The van der Waals surface area contributed by atoms with Gasteiger partial charge in [0.15, 0.2) is 5.75 Å². The summed E-state index contributed by atoms with van der Waals surface area (Å²) in [5.41, 5.74) is 5.49. The van der Waals surface area contributed by atoms with Gasteiger partial charge in [0.25, 0.3) is 6.47 Å². The van der Waals surface area contributed by atoms with Crippen molar-refractivity contribution in [2.45, 2.75) is 45.6 Å². The third kappa shape index (κ3) is 4.33. The summed E-state index contributed by atoms with van der Waals surface area (Å²) in [4.78, 5) is 22.8. The van der Waals surface area contributed by atoms with Gasteiger partial charge in [-0.15, -0.1) is 0 Å². The van der Waals surface area contributed by atoms with Gasteiger partial charge in [-0.1, -0.05) is 0 Å². The Kier molecular flexibility index (Phi) is 5.79. The van der Waals surface area contributed by atoms with Crippen LogP contribution < -0.4 is 15.0 Å². The number of carbonyl (C=O) groups is 2. The first-order chi connectivity index (χ1) is 15.0. The Balaban J connectivity index is 0.000000730. The average Bonchev–Trinajstić information content (AvgIpc) is 3.52. The van der Waals surface area contributed by atoms with Crippen molar-refractivity contribution in [3.8, 4) is 11.5 Å². The van der Waals surface area contributed by atoms with Gasteiger partial charge in [0.2, 0.25) is 0 Å². The molecule has 1 fully saturated rings. The van der Waals surface area contributed by atoms with Crippen molar-refractivity contribution in [3.63, 3.8) is 0 Å². The number of benzene rings is 1. The van der Waals surface area contributed by atoms with Crippen molar-refractivity contribution < 1.29 is 19.4 Å². The molecule has 1 aliphatic carbocycles.